The van der Waals surface area contributed by atoms with Crippen LogP contribution in [0.1, 0.15) is 47.7 Å². The number of piperazine rings is 1. The lowest BCUT2D eigenvalue weighted by molar-refractivity contribution is -0.157. The lowest BCUT2D eigenvalue weighted by Crippen LogP contribution is -2.51. The Morgan fingerprint density at radius 3 is 1.95 bits per heavy atom. The maximum atomic E-state index is 14.1. The number of pyridine rings is 1. The maximum Gasteiger partial charge on any atom is 0.326 e. The van der Waals surface area contributed by atoms with Gasteiger partial charge < -0.3 is 65.2 Å². The van der Waals surface area contributed by atoms with Gasteiger partial charge in [0.25, 0.3) is 11.8 Å². The summed E-state index contributed by atoms with van der Waals surface area (Å²) in [6.45, 7) is -0.200. The second kappa shape index (κ2) is 29.0. The maximum absolute atomic E-state index is 14.1. The molecule has 456 valence electrons. The first-order chi connectivity index (χ1) is 41.0. The quantitative estimate of drug-likeness (QED) is 0.0228. The molecule has 0 aliphatic carbocycles. The highest BCUT2D eigenvalue weighted by Gasteiger charge is 2.47. The highest BCUT2D eigenvalue weighted by atomic mass is 19.3. The largest absolute Gasteiger partial charge is 0.494 e. The van der Waals surface area contributed by atoms with Crippen molar-refractivity contribution in [2.75, 3.05) is 65.5 Å². The molecule has 29 nitrogen and oxygen atoms in total. The fourth-order valence-corrected chi connectivity index (χ4v) is 9.72. The van der Waals surface area contributed by atoms with Crippen molar-refractivity contribution >= 4 is 70.3 Å². The van der Waals surface area contributed by atoms with Gasteiger partial charge in [-0.3, -0.25) is 57.9 Å². The minimum absolute atomic E-state index is 0.0719. The minimum atomic E-state index is -3.20. The molecule has 3 aromatic heterocycles. The zero-order valence-electron chi connectivity index (χ0n) is 46.0. The number of carboxylic acids is 5. The number of halogens is 2. The number of carbonyl (C=O) groups excluding carboxylic acids is 5. The summed E-state index contributed by atoms with van der Waals surface area (Å²) in [6.07, 6.45) is 5.63. The van der Waals surface area contributed by atoms with Gasteiger partial charge in [0.15, 0.2) is 11.8 Å². The number of nitrogens with one attached hydrogen (secondary N) is 3. The van der Waals surface area contributed by atoms with Gasteiger partial charge in [-0.25, -0.2) is 23.5 Å². The van der Waals surface area contributed by atoms with Gasteiger partial charge >= 0.3 is 29.8 Å². The highest BCUT2D eigenvalue weighted by molar-refractivity contribution is 6.07. The van der Waals surface area contributed by atoms with E-state index in [1.54, 1.807) is 40.1 Å². The number of aliphatic carboxylic acids is 5. The van der Waals surface area contributed by atoms with E-state index in [4.69, 9.17) is 4.74 Å². The first kappa shape index (κ1) is 63.6. The molecular formula is C55H61F2N13O16. The number of benzene rings is 2. The second-order valence-electron chi connectivity index (χ2n) is 20.3. The van der Waals surface area contributed by atoms with Gasteiger partial charge in [0.2, 0.25) is 23.6 Å². The summed E-state index contributed by atoms with van der Waals surface area (Å²) in [5.74, 6) is -17.5. The molecule has 2 aromatic carbocycles. The number of nitriles is 1. The molecule has 5 aromatic rings. The third-order valence-corrected chi connectivity index (χ3v) is 14.3. The third-order valence-electron chi connectivity index (χ3n) is 14.3. The van der Waals surface area contributed by atoms with Crippen LogP contribution >= 0.6 is 0 Å². The molecule has 8 N–H and O–H groups in total. The Labute approximate surface area is 487 Å². The van der Waals surface area contributed by atoms with E-state index in [-0.39, 0.29) is 56.4 Å². The van der Waals surface area contributed by atoms with Crippen LogP contribution in [0.3, 0.4) is 0 Å². The van der Waals surface area contributed by atoms with Crippen molar-refractivity contribution in [2.24, 2.45) is 11.8 Å². The molecule has 2 unspecified atom stereocenters. The van der Waals surface area contributed by atoms with Gasteiger partial charge in [-0.15, -0.1) is 0 Å². The van der Waals surface area contributed by atoms with E-state index in [1.807, 2.05) is 18.2 Å². The summed E-state index contributed by atoms with van der Waals surface area (Å²) >= 11 is 0. The number of alkyl halides is 2. The molecule has 0 spiro atoms. The van der Waals surface area contributed by atoms with Crippen molar-refractivity contribution in [3.63, 3.8) is 0 Å². The van der Waals surface area contributed by atoms with Gasteiger partial charge in [0.05, 0.1) is 56.5 Å². The van der Waals surface area contributed by atoms with E-state index in [2.05, 4.69) is 35.8 Å². The van der Waals surface area contributed by atoms with Gasteiger partial charge in [0, 0.05) is 88.5 Å². The second-order valence-corrected chi connectivity index (χ2v) is 20.3. The first-order valence-corrected chi connectivity index (χ1v) is 26.9. The Balaban J connectivity index is 0.919. The number of hydrogen-bond donors (Lipinski definition) is 8. The molecule has 86 heavy (non-hydrogen) atoms. The predicted octanol–water partition coefficient (Wildman–Crippen LogP) is 0.436. The van der Waals surface area contributed by atoms with Crippen molar-refractivity contribution in [3.8, 4) is 22.9 Å². The number of imidazole rings is 2. The Kier molecular flexibility index (Phi) is 21.5. The van der Waals surface area contributed by atoms with Crippen molar-refractivity contribution in [1.29, 1.82) is 5.26 Å². The predicted molar refractivity (Wildman–Crippen MR) is 291 cm³/mol. The van der Waals surface area contributed by atoms with Gasteiger partial charge in [0.1, 0.15) is 42.6 Å². The van der Waals surface area contributed by atoms with Crippen LogP contribution in [0, 0.1) is 23.2 Å². The molecule has 2 atom stereocenters. The summed E-state index contributed by atoms with van der Waals surface area (Å²) in [6, 6.07) is 12.7. The number of nitrogens with zero attached hydrogens (tertiary/aromatic N) is 10. The zero-order valence-corrected chi connectivity index (χ0v) is 46.0. The molecule has 2 aliphatic rings. The summed E-state index contributed by atoms with van der Waals surface area (Å²) in [5.41, 5.74) is 2.26. The normalized spacial score (nSPS) is 15.3. The van der Waals surface area contributed by atoms with E-state index < -0.39 is 116 Å². The number of fused-ring (bicyclic) bond motifs is 1. The van der Waals surface area contributed by atoms with Crippen LogP contribution in [0.5, 0.6) is 5.75 Å². The van der Waals surface area contributed by atoms with Crippen LogP contribution in [0.15, 0.2) is 79.5 Å². The van der Waals surface area contributed by atoms with Crippen LogP contribution in [0.2, 0.25) is 0 Å². The van der Waals surface area contributed by atoms with Crippen LogP contribution in [0.4, 0.5) is 8.78 Å². The fraction of sp³-hybridized carbons (Fsp3) is 0.418. The van der Waals surface area contributed by atoms with Crippen molar-refractivity contribution in [3.05, 3.63) is 96.7 Å². The first-order valence-electron chi connectivity index (χ1n) is 26.9. The van der Waals surface area contributed by atoms with E-state index in [0.717, 1.165) is 16.0 Å². The molecule has 7 rings (SSSR count). The highest BCUT2D eigenvalue weighted by Crippen LogP contribution is 2.32. The van der Waals surface area contributed by atoms with Crippen LogP contribution < -0.4 is 20.7 Å². The SMILES string of the molecule is N#CC1CC(F)(F)CN1C(=O)CNC(=O)c1ccnc2ccc(-c3ccc(OCCCN4CCN(C(=O)CN(Cc5nccn5CC(=O)NCCC(C(=O)O)C(=O)O)Cc5nccn5CC(=O)NC(CC(C(=O)O)C(=O)O)C(=O)O)CC4)cc3)cc12. The van der Waals surface area contributed by atoms with Crippen LogP contribution in [0.25, 0.3) is 22.0 Å². The summed E-state index contributed by atoms with van der Waals surface area (Å²) < 4.78 is 36.7. The fourth-order valence-electron chi connectivity index (χ4n) is 9.72. The van der Waals surface area contributed by atoms with E-state index in [9.17, 15) is 87.5 Å². The molecule has 0 saturated carbocycles. The van der Waals surface area contributed by atoms with Crippen LogP contribution in [-0.4, -0.2) is 212 Å². The van der Waals surface area contributed by atoms with Gasteiger partial charge in [-0.05, 0) is 54.3 Å². The molecule has 5 heterocycles. The van der Waals surface area contributed by atoms with E-state index >= 15 is 0 Å². The van der Waals surface area contributed by atoms with Gasteiger partial charge in [-0.1, -0.05) is 18.2 Å². The summed E-state index contributed by atoms with van der Waals surface area (Å²) in [7, 11) is 0. The standard InChI is InChI=1S/C55H61F2N13O16/c56-55(57)24-35(25-58)70(32-55)47(73)26-63-49(75)37-8-10-59-41-7-4-34(22-39(37)41)33-2-5-36(6-3-33)86-21-1-14-65-17-19-67(20-18-65)48(74)31-66(27-43-60-12-15-68(43)29-45(71)62-11-9-38(50(76)77)51(78)79)28-44-61-13-16-69(44)30-46(72)64-42(54(84)85)23-40(52(80)81)53(82)83/h2-8,10,12-13,15-16,22,35,38,40,42H,1,9,11,14,17-21,23-24,26-32H2,(H,62,71)(H,63,75)(H,64,72)(H,76,77)(H,78,79)(H,80,81)(H,82,83)(H,84,85). The van der Waals surface area contributed by atoms with E-state index in [1.165, 1.54) is 46.2 Å². The van der Waals surface area contributed by atoms with Crippen LogP contribution in [-0.2, 0) is 69.3 Å². The monoisotopic (exact) mass is 1200 g/mol. The Morgan fingerprint density at radius 2 is 1.35 bits per heavy atom. The van der Waals surface area contributed by atoms with Crippen molar-refractivity contribution in [1.82, 2.24) is 59.6 Å². The molecular weight excluding hydrogens is 1140 g/mol. The Bertz CT molecular complexity index is 3350. The number of carboxylic acid groups (broad SMARTS) is 5. The average Bonchev–Trinajstić information content (AvgIpc) is 2.77. The Morgan fingerprint density at radius 1 is 0.733 bits per heavy atom. The van der Waals surface area contributed by atoms with Gasteiger partial charge in [-0.2, -0.15) is 5.26 Å². The lowest BCUT2D eigenvalue weighted by atomic mass is 10.00. The molecule has 5 amide bonds. The van der Waals surface area contributed by atoms with Crippen molar-refractivity contribution < 1.29 is 87.0 Å². The minimum Gasteiger partial charge on any atom is -0.494 e. The molecule has 0 radical (unpaired) electrons. The number of amides is 5. The summed E-state index contributed by atoms with van der Waals surface area (Å²) in [4.78, 5) is 143. The van der Waals surface area contributed by atoms with Crippen molar-refractivity contribution in [2.45, 2.75) is 69.9 Å². The number of rotatable bonds is 30. The zero-order chi connectivity index (χ0) is 62.2. The molecule has 2 fully saturated rings. The Hall–Kier alpha value is -9.96. The molecule has 2 saturated heterocycles. The number of carbonyl (C=O) groups is 10. The molecule has 31 heteroatoms. The number of likely N-dealkylation sites (tertiary alicyclic amines) is 1. The third kappa shape index (κ3) is 17.3. The average molecular weight is 1200 g/mol. The number of ether oxygens (including phenoxy) is 1. The smallest absolute Gasteiger partial charge is 0.326 e. The summed E-state index contributed by atoms with van der Waals surface area (Å²) in [5, 5.41) is 63.5. The topological polar surface area (TPSA) is 402 Å². The molecule has 2 aliphatic heterocycles. The van der Waals surface area contributed by atoms with E-state index in [0.29, 0.717) is 68.2 Å². The lowest BCUT2D eigenvalue weighted by Gasteiger charge is -2.35. The number of aromatic nitrogens is 5. The number of hydrogen-bond acceptors (Lipinski definition) is 17. The molecule has 0 bridgehead atoms.